The zero-order valence-electron chi connectivity index (χ0n) is 9.06. The van der Waals surface area contributed by atoms with Crippen LogP contribution in [0.2, 0.25) is 0 Å². The number of nitrogens with one attached hydrogen (secondary N) is 1. The summed E-state index contributed by atoms with van der Waals surface area (Å²) in [5, 5.41) is 11.8. The Bertz CT molecular complexity index is 422. The van der Waals surface area contributed by atoms with E-state index in [1.54, 1.807) is 0 Å². The summed E-state index contributed by atoms with van der Waals surface area (Å²) in [6, 6.07) is 18.5. The number of benzene rings is 2. The molecular weight excluding hydrogens is 198 g/mol. The zero-order valence-corrected chi connectivity index (χ0v) is 9.06. The van der Waals surface area contributed by atoms with Crippen LogP contribution in [0.4, 0.5) is 5.69 Å². The van der Waals surface area contributed by atoms with Crippen LogP contribution in [0.5, 0.6) is 0 Å². The van der Waals surface area contributed by atoms with Gasteiger partial charge in [0.25, 0.3) is 0 Å². The molecule has 0 bridgehead atoms. The van der Waals surface area contributed by atoms with Crippen LogP contribution >= 0.6 is 0 Å². The second-order valence-electron chi connectivity index (χ2n) is 3.59. The summed E-state index contributed by atoms with van der Waals surface area (Å²) >= 11 is 0. The van der Waals surface area contributed by atoms with Gasteiger partial charge >= 0.3 is 0 Å². The molecule has 2 aromatic carbocycles. The maximum atomic E-state index is 8.70. The second-order valence-corrected chi connectivity index (χ2v) is 3.59. The maximum absolute atomic E-state index is 8.70. The average Bonchev–Trinajstić information content (AvgIpc) is 2.38. The lowest BCUT2D eigenvalue weighted by molar-refractivity contribution is 0.311. The van der Waals surface area contributed by atoms with Crippen molar-refractivity contribution >= 4 is 5.69 Å². The molecule has 2 aromatic rings. The van der Waals surface area contributed by atoms with Gasteiger partial charge < -0.3 is 10.4 Å². The molecule has 0 heterocycles. The standard InChI is InChI=1S/C14H15NO/c16-11-10-15-14-8-6-13(7-9-14)12-4-2-1-3-5-12/h1-9,15-16H,10-11H2. The van der Waals surface area contributed by atoms with Gasteiger partial charge in [0.1, 0.15) is 0 Å². The third-order valence-electron chi connectivity index (χ3n) is 2.43. The molecule has 0 aromatic heterocycles. The molecule has 0 fully saturated rings. The highest BCUT2D eigenvalue weighted by Gasteiger charge is 1.96. The fourth-order valence-corrected chi connectivity index (χ4v) is 1.61. The maximum Gasteiger partial charge on any atom is 0.0604 e. The Balaban J connectivity index is 2.13. The van der Waals surface area contributed by atoms with Gasteiger partial charge in [0.2, 0.25) is 0 Å². The van der Waals surface area contributed by atoms with Crippen LogP contribution in [-0.4, -0.2) is 18.3 Å². The van der Waals surface area contributed by atoms with E-state index in [1.165, 1.54) is 11.1 Å². The van der Waals surface area contributed by atoms with Crippen LogP contribution in [0, 0.1) is 0 Å². The molecule has 82 valence electrons. The smallest absolute Gasteiger partial charge is 0.0604 e. The SMILES string of the molecule is OCCNc1ccc(-c2ccccc2)cc1. The van der Waals surface area contributed by atoms with Gasteiger partial charge in [-0.2, -0.15) is 0 Å². The number of aliphatic hydroxyl groups is 1. The van der Waals surface area contributed by atoms with Crippen molar-refractivity contribution in [3.05, 3.63) is 54.6 Å². The minimum Gasteiger partial charge on any atom is -0.395 e. The van der Waals surface area contributed by atoms with Crippen LogP contribution in [0.3, 0.4) is 0 Å². The molecule has 2 N–H and O–H groups in total. The van der Waals surface area contributed by atoms with E-state index in [-0.39, 0.29) is 6.61 Å². The first-order valence-electron chi connectivity index (χ1n) is 5.40. The number of hydrogen-bond donors (Lipinski definition) is 2. The van der Waals surface area contributed by atoms with E-state index in [0.29, 0.717) is 6.54 Å². The van der Waals surface area contributed by atoms with Gasteiger partial charge in [0.15, 0.2) is 0 Å². The van der Waals surface area contributed by atoms with Crippen LogP contribution < -0.4 is 5.32 Å². The van der Waals surface area contributed by atoms with E-state index in [0.717, 1.165) is 5.69 Å². The van der Waals surface area contributed by atoms with Crippen LogP contribution in [0.25, 0.3) is 11.1 Å². The Morgan fingerprint density at radius 3 is 2.06 bits per heavy atom. The molecule has 2 heteroatoms. The highest BCUT2D eigenvalue weighted by atomic mass is 16.3. The first-order valence-corrected chi connectivity index (χ1v) is 5.40. The van der Waals surface area contributed by atoms with Crippen LogP contribution in [-0.2, 0) is 0 Å². The van der Waals surface area contributed by atoms with Gasteiger partial charge in [-0.1, -0.05) is 42.5 Å². The molecule has 0 aliphatic carbocycles. The van der Waals surface area contributed by atoms with E-state index in [9.17, 15) is 0 Å². The molecule has 0 aliphatic heterocycles. The van der Waals surface area contributed by atoms with E-state index in [2.05, 4.69) is 29.6 Å². The first-order chi connectivity index (χ1) is 7.90. The summed E-state index contributed by atoms with van der Waals surface area (Å²) in [6.45, 7) is 0.741. The van der Waals surface area contributed by atoms with Crippen molar-refractivity contribution in [3.63, 3.8) is 0 Å². The second kappa shape index (κ2) is 5.33. The molecular formula is C14H15NO. The Hall–Kier alpha value is -1.80. The summed E-state index contributed by atoms with van der Waals surface area (Å²) in [7, 11) is 0. The number of hydrogen-bond acceptors (Lipinski definition) is 2. The van der Waals surface area contributed by atoms with Crippen molar-refractivity contribution in [2.45, 2.75) is 0 Å². The average molecular weight is 213 g/mol. The minimum absolute atomic E-state index is 0.153. The lowest BCUT2D eigenvalue weighted by Crippen LogP contribution is -2.04. The van der Waals surface area contributed by atoms with Gasteiger partial charge in [-0.15, -0.1) is 0 Å². The molecule has 0 saturated heterocycles. The Morgan fingerprint density at radius 1 is 0.812 bits per heavy atom. The lowest BCUT2D eigenvalue weighted by Gasteiger charge is -2.06. The van der Waals surface area contributed by atoms with Gasteiger partial charge in [-0.25, -0.2) is 0 Å². The van der Waals surface area contributed by atoms with Crippen molar-refractivity contribution in [2.24, 2.45) is 0 Å². The van der Waals surface area contributed by atoms with E-state index >= 15 is 0 Å². The Kier molecular flexibility index (Phi) is 3.57. The first kappa shape index (κ1) is 10.7. The van der Waals surface area contributed by atoms with E-state index in [4.69, 9.17) is 5.11 Å². The molecule has 0 atom stereocenters. The van der Waals surface area contributed by atoms with Gasteiger partial charge in [0.05, 0.1) is 6.61 Å². The molecule has 0 aliphatic rings. The Labute approximate surface area is 95.6 Å². The summed E-state index contributed by atoms with van der Waals surface area (Å²) in [6.07, 6.45) is 0. The molecule has 0 spiro atoms. The number of anilines is 1. The molecule has 2 nitrogen and oxygen atoms in total. The van der Waals surface area contributed by atoms with E-state index < -0.39 is 0 Å². The monoisotopic (exact) mass is 213 g/mol. The van der Waals surface area contributed by atoms with Crippen molar-refractivity contribution < 1.29 is 5.11 Å². The third-order valence-corrected chi connectivity index (χ3v) is 2.43. The summed E-state index contributed by atoms with van der Waals surface area (Å²) < 4.78 is 0. The molecule has 16 heavy (non-hydrogen) atoms. The van der Waals surface area contributed by atoms with Crippen molar-refractivity contribution in [2.75, 3.05) is 18.5 Å². The van der Waals surface area contributed by atoms with Crippen LogP contribution in [0.1, 0.15) is 0 Å². The fourth-order valence-electron chi connectivity index (χ4n) is 1.61. The molecule has 0 amide bonds. The van der Waals surface area contributed by atoms with Crippen molar-refractivity contribution in [1.82, 2.24) is 0 Å². The largest absolute Gasteiger partial charge is 0.395 e. The van der Waals surface area contributed by atoms with Gasteiger partial charge in [-0.05, 0) is 23.3 Å². The third kappa shape index (κ3) is 2.61. The zero-order chi connectivity index (χ0) is 11.2. The van der Waals surface area contributed by atoms with E-state index in [1.807, 2.05) is 30.3 Å². The molecule has 0 radical (unpaired) electrons. The Morgan fingerprint density at radius 2 is 1.44 bits per heavy atom. The summed E-state index contributed by atoms with van der Waals surface area (Å²) in [5.41, 5.74) is 3.46. The normalized spacial score (nSPS) is 10.1. The number of rotatable bonds is 4. The highest BCUT2D eigenvalue weighted by molar-refractivity contribution is 5.65. The van der Waals surface area contributed by atoms with Gasteiger partial charge in [0, 0.05) is 12.2 Å². The highest BCUT2D eigenvalue weighted by Crippen LogP contribution is 2.20. The molecule has 0 saturated carbocycles. The minimum atomic E-state index is 0.153. The predicted molar refractivity (Wildman–Crippen MR) is 67.5 cm³/mol. The van der Waals surface area contributed by atoms with Gasteiger partial charge in [-0.3, -0.25) is 0 Å². The predicted octanol–water partition coefficient (Wildman–Crippen LogP) is 2.76. The summed E-state index contributed by atoms with van der Waals surface area (Å²) in [4.78, 5) is 0. The number of aliphatic hydroxyl groups excluding tert-OH is 1. The lowest BCUT2D eigenvalue weighted by atomic mass is 10.1. The molecule has 2 rings (SSSR count). The summed E-state index contributed by atoms with van der Waals surface area (Å²) in [5.74, 6) is 0. The molecule has 0 unspecified atom stereocenters. The van der Waals surface area contributed by atoms with Crippen molar-refractivity contribution in [3.8, 4) is 11.1 Å². The topological polar surface area (TPSA) is 32.3 Å². The van der Waals surface area contributed by atoms with Crippen molar-refractivity contribution in [1.29, 1.82) is 0 Å². The fraction of sp³-hybridized carbons (Fsp3) is 0.143. The quantitative estimate of drug-likeness (QED) is 0.818. The van der Waals surface area contributed by atoms with Crippen LogP contribution in [0.15, 0.2) is 54.6 Å².